The van der Waals surface area contributed by atoms with E-state index in [4.69, 9.17) is 36.3 Å². The van der Waals surface area contributed by atoms with Crippen LogP contribution < -0.4 is 10.9 Å². The highest BCUT2D eigenvalue weighted by molar-refractivity contribution is 6.43. The van der Waals surface area contributed by atoms with Crippen LogP contribution in [0.15, 0.2) is 0 Å². The van der Waals surface area contributed by atoms with Crippen LogP contribution >= 0.6 is 0 Å². The van der Waals surface area contributed by atoms with Gasteiger partial charge in [0.15, 0.2) is 11.5 Å². The van der Waals surface area contributed by atoms with Crippen molar-refractivity contribution in [3.8, 4) is 23.3 Å². The van der Waals surface area contributed by atoms with Crippen molar-refractivity contribution in [2.45, 2.75) is 0 Å². The minimum Gasteiger partial charge on any atom is -0.509 e. The second kappa shape index (κ2) is 2.94. The topological polar surface area (TPSA) is 84.5 Å². The van der Waals surface area contributed by atoms with Crippen LogP contribution in [0.25, 0.3) is 0 Å². The molecular weight excluding hydrogens is 168 g/mol. The monoisotopic (exact) mass is 171 g/mol. The number of benzene rings is 1. The highest BCUT2D eigenvalue weighted by atomic mass is 16.3. The van der Waals surface area contributed by atoms with E-state index in [1.54, 1.807) is 0 Å². The lowest BCUT2D eigenvalue weighted by atomic mass is 9.81. The number of phenols is 3. The largest absolute Gasteiger partial charge is 0.509 e. The summed E-state index contributed by atoms with van der Waals surface area (Å²) < 4.78 is 0. The zero-order chi connectivity index (χ0) is 10.2. The number of nitrogens with zero attached hydrogens (tertiary/aromatic N) is 1. The van der Waals surface area contributed by atoms with E-state index in [0.717, 1.165) is 0 Å². The van der Waals surface area contributed by atoms with Crippen LogP contribution in [0.4, 0.5) is 0 Å². The molecule has 6 heteroatoms. The van der Waals surface area contributed by atoms with Crippen molar-refractivity contribution in [3.63, 3.8) is 0 Å². The second-order valence-electron chi connectivity index (χ2n) is 2.36. The van der Waals surface area contributed by atoms with Crippen LogP contribution in [0.1, 0.15) is 5.56 Å². The van der Waals surface area contributed by atoms with Crippen molar-refractivity contribution < 1.29 is 15.3 Å². The molecule has 0 aliphatic heterocycles. The van der Waals surface area contributed by atoms with E-state index in [9.17, 15) is 0 Å². The predicted molar refractivity (Wildman–Crippen MR) is 46.9 cm³/mol. The van der Waals surface area contributed by atoms with Gasteiger partial charge in [-0.05, 0) is 10.9 Å². The normalized spacial score (nSPS) is 9.46. The van der Waals surface area contributed by atoms with Gasteiger partial charge in [-0.25, -0.2) is 0 Å². The van der Waals surface area contributed by atoms with E-state index in [-0.39, 0.29) is 5.46 Å². The molecule has 0 aromatic heterocycles. The Morgan fingerprint density at radius 1 is 0.923 bits per heavy atom. The van der Waals surface area contributed by atoms with Gasteiger partial charge in [-0.1, -0.05) is 0 Å². The zero-order valence-electron chi connectivity index (χ0n) is 6.44. The summed E-state index contributed by atoms with van der Waals surface area (Å²) in [6.45, 7) is 0. The molecule has 0 saturated carbocycles. The van der Waals surface area contributed by atoms with Crippen LogP contribution in [-0.2, 0) is 0 Å². The van der Waals surface area contributed by atoms with E-state index in [1.165, 1.54) is 6.07 Å². The molecule has 0 heterocycles. The van der Waals surface area contributed by atoms with Gasteiger partial charge in [0.1, 0.15) is 27.5 Å². The summed E-state index contributed by atoms with van der Waals surface area (Å²) >= 11 is 0. The van der Waals surface area contributed by atoms with Gasteiger partial charge in [-0.3, -0.25) is 0 Å². The summed E-state index contributed by atoms with van der Waals surface area (Å²) in [5.74, 6) is -2.08. The third-order valence-electron chi connectivity index (χ3n) is 1.61. The number of hydrogen-bond acceptors (Lipinski definition) is 4. The maximum absolute atomic E-state index is 9.15. The van der Waals surface area contributed by atoms with Crippen molar-refractivity contribution in [3.05, 3.63) is 5.56 Å². The van der Waals surface area contributed by atoms with Gasteiger partial charge in [0.25, 0.3) is 0 Å². The molecule has 13 heavy (non-hydrogen) atoms. The second-order valence-corrected chi connectivity index (χ2v) is 2.36. The van der Waals surface area contributed by atoms with E-state index < -0.39 is 28.3 Å². The summed E-state index contributed by atoms with van der Waals surface area (Å²) in [4.78, 5) is 0. The van der Waals surface area contributed by atoms with Gasteiger partial charge in [-0.2, -0.15) is 5.26 Å². The molecule has 60 valence electrons. The molecule has 4 radical (unpaired) electrons. The Hall–Kier alpha value is -1.76. The van der Waals surface area contributed by atoms with Gasteiger partial charge in [0.05, 0.1) is 5.56 Å². The van der Waals surface area contributed by atoms with Crippen molar-refractivity contribution in [2.24, 2.45) is 0 Å². The molecule has 1 aromatic carbocycles. The zero-order valence-corrected chi connectivity index (χ0v) is 6.44. The third-order valence-corrected chi connectivity index (χ3v) is 1.61. The van der Waals surface area contributed by atoms with Crippen molar-refractivity contribution in [2.75, 3.05) is 0 Å². The smallest absolute Gasteiger partial charge is 0.174 e. The molecule has 0 atom stereocenters. The Labute approximate surface area is 76.9 Å². The van der Waals surface area contributed by atoms with Crippen LogP contribution in [0.5, 0.6) is 17.2 Å². The molecule has 1 aromatic rings. The molecule has 0 aliphatic carbocycles. The van der Waals surface area contributed by atoms with Crippen molar-refractivity contribution in [1.82, 2.24) is 0 Å². The van der Waals surface area contributed by atoms with Crippen molar-refractivity contribution >= 4 is 26.6 Å². The quantitative estimate of drug-likeness (QED) is 0.245. The summed E-state index contributed by atoms with van der Waals surface area (Å²) in [7, 11) is 10.4. The average Bonchev–Trinajstić information content (AvgIpc) is 2.13. The number of phenolic OH excluding ortho intramolecular Hbond substituents is 3. The number of nitriles is 1. The Morgan fingerprint density at radius 3 is 1.92 bits per heavy atom. The van der Waals surface area contributed by atoms with E-state index in [2.05, 4.69) is 0 Å². The van der Waals surface area contributed by atoms with Gasteiger partial charge in [0, 0.05) is 0 Å². The molecule has 3 N–H and O–H groups in total. The van der Waals surface area contributed by atoms with Crippen molar-refractivity contribution in [1.29, 1.82) is 5.26 Å². The molecule has 0 saturated heterocycles. The Kier molecular flexibility index (Phi) is 2.11. The van der Waals surface area contributed by atoms with Gasteiger partial charge in [-0.15, -0.1) is 0 Å². The first-order valence-electron chi connectivity index (χ1n) is 3.22. The third kappa shape index (κ3) is 1.18. The van der Waals surface area contributed by atoms with Crippen LogP contribution in [0.3, 0.4) is 0 Å². The number of aromatic hydroxyl groups is 3. The fraction of sp³-hybridized carbons (Fsp3) is 0. The maximum atomic E-state index is 9.15. The summed E-state index contributed by atoms with van der Waals surface area (Å²) in [5.41, 5.74) is -1.20. The summed E-state index contributed by atoms with van der Waals surface area (Å²) in [6, 6.07) is 1.52. The van der Waals surface area contributed by atoms with Gasteiger partial charge >= 0.3 is 0 Å². The fourth-order valence-corrected chi connectivity index (χ4v) is 0.862. The van der Waals surface area contributed by atoms with Gasteiger partial charge < -0.3 is 15.3 Å². The fourth-order valence-electron chi connectivity index (χ4n) is 0.862. The van der Waals surface area contributed by atoms with Crippen LogP contribution in [0.2, 0.25) is 0 Å². The van der Waals surface area contributed by atoms with Crippen LogP contribution in [-0.4, -0.2) is 31.0 Å². The molecule has 0 aliphatic rings. The molecular formula is C7H3B2NO3. The van der Waals surface area contributed by atoms with Gasteiger partial charge in [0.2, 0.25) is 0 Å². The first kappa shape index (κ1) is 9.33. The number of hydrogen-bond donors (Lipinski definition) is 3. The molecule has 0 amide bonds. The predicted octanol–water partition coefficient (Wildman–Crippen LogP) is -1.74. The standard InChI is InChI=1S/C7H3B2NO3/c8-3-2(1-10)5(11)7(13)4(9)6(3)12/h11-13H. The minimum atomic E-state index is -0.747. The SMILES string of the molecule is [B]c1c(O)c([B])c(C#N)c(O)c1O. The van der Waals surface area contributed by atoms with E-state index >= 15 is 0 Å². The average molecular weight is 171 g/mol. The molecule has 1 rings (SSSR count). The maximum Gasteiger partial charge on any atom is 0.174 e. The molecule has 0 fully saturated rings. The first-order valence-corrected chi connectivity index (χ1v) is 3.22. The Balaban J connectivity index is 3.69. The lowest BCUT2D eigenvalue weighted by Gasteiger charge is -2.10. The molecule has 0 unspecified atom stereocenters. The lowest BCUT2D eigenvalue weighted by Crippen LogP contribution is -2.18. The highest BCUT2D eigenvalue weighted by Gasteiger charge is 2.16. The molecule has 0 spiro atoms. The highest BCUT2D eigenvalue weighted by Crippen LogP contribution is 2.27. The molecule has 0 bridgehead atoms. The first-order chi connectivity index (χ1) is 6.00. The Bertz CT molecular complexity index is 382. The van der Waals surface area contributed by atoms with E-state index in [1.807, 2.05) is 0 Å². The minimum absolute atomic E-state index is 0.352. The summed E-state index contributed by atoms with van der Waals surface area (Å²) in [6.07, 6.45) is 0. The Morgan fingerprint density at radius 2 is 1.46 bits per heavy atom. The van der Waals surface area contributed by atoms with E-state index in [0.29, 0.717) is 0 Å². The summed E-state index contributed by atoms with van der Waals surface area (Å²) in [5, 5.41) is 35.9. The number of rotatable bonds is 0. The molecule has 4 nitrogen and oxygen atoms in total. The lowest BCUT2D eigenvalue weighted by molar-refractivity contribution is 0.401. The van der Waals surface area contributed by atoms with Crippen LogP contribution in [0, 0.1) is 11.3 Å².